The van der Waals surface area contributed by atoms with E-state index >= 15 is 0 Å². The van der Waals surface area contributed by atoms with Crippen LogP contribution < -0.4 is 10.7 Å². The number of carbonyl (C=O) groups is 3. The van der Waals surface area contributed by atoms with Crippen LogP contribution in [0.5, 0.6) is 0 Å². The Bertz CT molecular complexity index is 923. The van der Waals surface area contributed by atoms with E-state index in [9.17, 15) is 18.8 Å². The van der Waals surface area contributed by atoms with Crippen molar-refractivity contribution in [3.63, 3.8) is 0 Å². The molecule has 1 fully saturated rings. The van der Waals surface area contributed by atoms with E-state index in [1.54, 1.807) is 12.1 Å². The first-order chi connectivity index (χ1) is 13.4. The topological polar surface area (TPSA) is 94.6 Å². The van der Waals surface area contributed by atoms with Gasteiger partial charge in [0.25, 0.3) is 11.8 Å². The predicted molar refractivity (Wildman–Crippen MR) is 102 cm³/mol. The Morgan fingerprint density at radius 1 is 1.21 bits per heavy atom. The number of carbonyl (C=O) groups excluding carboxylic acids is 3. The minimum Gasteiger partial charge on any atom is -0.326 e. The maximum Gasteiger partial charge on any atom is 0.288 e. The number of nitrogens with zero attached hydrogens (tertiary/aromatic N) is 3. The molecular formula is C18H16FN5O3S. The maximum atomic E-state index is 13.0. The van der Waals surface area contributed by atoms with Gasteiger partial charge in [0.2, 0.25) is 5.91 Å². The molecule has 1 aliphatic rings. The normalized spacial score (nSPS) is 16.3. The van der Waals surface area contributed by atoms with Crippen molar-refractivity contribution in [3.8, 4) is 0 Å². The Labute approximate surface area is 165 Å². The summed E-state index contributed by atoms with van der Waals surface area (Å²) < 4.78 is 13.0. The van der Waals surface area contributed by atoms with Gasteiger partial charge in [0.1, 0.15) is 17.6 Å². The third-order valence-corrected chi connectivity index (χ3v) is 4.52. The second-order valence-corrected chi connectivity index (χ2v) is 6.35. The van der Waals surface area contributed by atoms with Crippen LogP contribution in [0.2, 0.25) is 0 Å². The molecule has 0 aliphatic carbocycles. The van der Waals surface area contributed by atoms with E-state index in [1.807, 2.05) is 0 Å². The van der Waals surface area contributed by atoms with Gasteiger partial charge in [0, 0.05) is 18.9 Å². The number of thiocarbonyl (C=S) groups is 1. The van der Waals surface area contributed by atoms with Crippen molar-refractivity contribution in [2.75, 3.05) is 12.4 Å². The number of likely N-dealkylation sites (N-methyl/N-ethyl adjacent to an activating group) is 1. The summed E-state index contributed by atoms with van der Waals surface area (Å²) in [5, 5.41) is 3.82. The molecule has 1 atom stereocenters. The lowest BCUT2D eigenvalue weighted by molar-refractivity contribution is -0.130. The second kappa shape index (κ2) is 8.09. The SMILES string of the molecule is CN1C(=O)C(CC(=O)Nc2ccc(F)cc2)N(NC(=O)c2ccccn2)C1=S. The zero-order valence-corrected chi connectivity index (χ0v) is 15.6. The number of nitrogens with one attached hydrogen (secondary N) is 2. The molecule has 8 nitrogen and oxygen atoms in total. The fraction of sp³-hybridized carbons (Fsp3) is 0.167. The highest BCUT2D eigenvalue weighted by Gasteiger charge is 2.42. The molecule has 2 N–H and O–H groups in total. The predicted octanol–water partition coefficient (Wildman–Crippen LogP) is 1.32. The molecule has 2 heterocycles. The van der Waals surface area contributed by atoms with Gasteiger partial charge in [-0.3, -0.25) is 29.7 Å². The molecule has 0 bridgehead atoms. The molecule has 28 heavy (non-hydrogen) atoms. The lowest BCUT2D eigenvalue weighted by Gasteiger charge is -2.23. The molecule has 0 spiro atoms. The first kappa shape index (κ1) is 19.4. The van der Waals surface area contributed by atoms with Crippen LogP contribution in [0.15, 0.2) is 48.7 Å². The highest BCUT2D eigenvalue weighted by atomic mass is 32.1. The van der Waals surface area contributed by atoms with Crippen molar-refractivity contribution in [2.45, 2.75) is 12.5 Å². The lowest BCUT2D eigenvalue weighted by Crippen LogP contribution is -2.49. The Morgan fingerprint density at radius 3 is 2.57 bits per heavy atom. The lowest BCUT2D eigenvalue weighted by atomic mass is 10.2. The Hall–Kier alpha value is -3.40. The van der Waals surface area contributed by atoms with Crippen LogP contribution in [0.3, 0.4) is 0 Å². The molecule has 1 aromatic heterocycles. The number of pyridine rings is 1. The average molecular weight is 401 g/mol. The molecule has 10 heteroatoms. The average Bonchev–Trinajstić information content (AvgIpc) is 2.88. The zero-order valence-electron chi connectivity index (χ0n) is 14.8. The number of hydrogen-bond acceptors (Lipinski definition) is 5. The number of hydrazine groups is 1. The molecule has 0 radical (unpaired) electrons. The van der Waals surface area contributed by atoms with Crippen LogP contribution in [-0.2, 0) is 9.59 Å². The molecule has 1 aromatic carbocycles. The first-order valence-electron chi connectivity index (χ1n) is 8.25. The Morgan fingerprint density at radius 2 is 1.93 bits per heavy atom. The summed E-state index contributed by atoms with van der Waals surface area (Å²) >= 11 is 5.21. The van der Waals surface area contributed by atoms with Gasteiger partial charge in [-0.25, -0.2) is 9.40 Å². The molecule has 1 saturated heterocycles. The van der Waals surface area contributed by atoms with E-state index in [2.05, 4.69) is 15.7 Å². The molecule has 0 saturated carbocycles. The third-order valence-electron chi connectivity index (χ3n) is 4.05. The number of halogens is 1. The number of benzene rings is 1. The van der Waals surface area contributed by atoms with Crippen LogP contribution >= 0.6 is 12.2 Å². The number of aromatic nitrogens is 1. The summed E-state index contributed by atoms with van der Waals surface area (Å²) in [7, 11) is 1.46. The molecular weight excluding hydrogens is 385 g/mol. The van der Waals surface area contributed by atoms with Gasteiger partial charge >= 0.3 is 0 Å². The summed E-state index contributed by atoms with van der Waals surface area (Å²) in [6, 6.07) is 9.03. The van der Waals surface area contributed by atoms with E-state index in [1.165, 1.54) is 53.5 Å². The van der Waals surface area contributed by atoms with Crippen molar-refractivity contribution < 1.29 is 18.8 Å². The highest BCUT2D eigenvalue weighted by Crippen LogP contribution is 2.19. The van der Waals surface area contributed by atoms with Gasteiger partial charge in [0.05, 0.1) is 6.42 Å². The largest absolute Gasteiger partial charge is 0.326 e. The number of rotatable bonds is 5. The van der Waals surface area contributed by atoms with Gasteiger partial charge < -0.3 is 5.32 Å². The van der Waals surface area contributed by atoms with Crippen molar-refractivity contribution in [2.24, 2.45) is 0 Å². The summed E-state index contributed by atoms with van der Waals surface area (Å²) in [6.07, 6.45) is 1.20. The van der Waals surface area contributed by atoms with E-state index in [0.717, 1.165) is 0 Å². The Balaban J connectivity index is 1.72. The molecule has 1 aliphatic heterocycles. The van der Waals surface area contributed by atoms with Gasteiger partial charge in [-0.1, -0.05) is 6.07 Å². The molecule has 144 valence electrons. The number of anilines is 1. The number of amides is 3. The van der Waals surface area contributed by atoms with Crippen molar-refractivity contribution in [1.82, 2.24) is 20.3 Å². The van der Waals surface area contributed by atoms with E-state index in [-0.39, 0.29) is 17.2 Å². The van der Waals surface area contributed by atoms with E-state index < -0.39 is 29.6 Å². The van der Waals surface area contributed by atoms with Gasteiger partial charge in [-0.15, -0.1) is 0 Å². The summed E-state index contributed by atoms with van der Waals surface area (Å²) in [5.74, 6) is -1.91. The molecule has 2 aromatic rings. The minimum absolute atomic E-state index is 0.0638. The summed E-state index contributed by atoms with van der Waals surface area (Å²) in [5.41, 5.74) is 3.06. The van der Waals surface area contributed by atoms with Gasteiger partial charge in [-0.2, -0.15) is 0 Å². The minimum atomic E-state index is -1.01. The number of hydrogen-bond donors (Lipinski definition) is 2. The van der Waals surface area contributed by atoms with Crippen molar-refractivity contribution in [1.29, 1.82) is 0 Å². The summed E-state index contributed by atoms with van der Waals surface area (Å²) in [4.78, 5) is 42.3. The monoisotopic (exact) mass is 401 g/mol. The Kier molecular flexibility index (Phi) is 5.59. The van der Waals surface area contributed by atoms with Crippen molar-refractivity contribution in [3.05, 3.63) is 60.2 Å². The van der Waals surface area contributed by atoms with Gasteiger partial charge in [-0.05, 0) is 48.6 Å². The van der Waals surface area contributed by atoms with Crippen LogP contribution in [0, 0.1) is 5.82 Å². The van der Waals surface area contributed by atoms with E-state index in [4.69, 9.17) is 12.2 Å². The second-order valence-electron chi connectivity index (χ2n) is 5.98. The zero-order chi connectivity index (χ0) is 20.3. The van der Waals surface area contributed by atoms with E-state index in [0.29, 0.717) is 5.69 Å². The first-order valence-corrected chi connectivity index (χ1v) is 8.66. The molecule has 1 unspecified atom stereocenters. The molecule has 3 amide bonds. The van der Waals surface area contributed by atoms with Crippen LogP contribution in [-0.4, -0.2) is 50.8 Å². The smallest absolute Gasteiger partial charge is 0.288 e. The summed E-state index contributed by atoms with van der Waals surface area (Å²) in [6.45, 7) is 0. The quantitative estimate of drug-likeness (QED) is 0.734. The fourth-order valence-corrected chi connectivity index (χ4v) is 2.87. The highest BCUT2D eigenvalue weighted by molar-refractivity contribution is 7.80. The molecule has 3 rings (SSSR count). The van der Waals surface area contributed by atoms with Crippen LogP contribution in [0.4, 0.5) is 10.1 Å². The van der Waals surface area contributed by atoms with Crippen molar-refractivity contribution >= 4 is 40.7 Å². The standard InChI is InChI=1S/C18H16FN5O3S/c1-23-17(27)14(10-15(25)21-12-7-5-11(19)6-8-12)24(18(23)28)22-16(26)13-4-2-3-9-20-13/h2-9,14H,10H2,1H3,(H,21,25)(H,22,26). The third kappa shape index (κ3) is 4.12. The maximum absolute atomic E-state index is 13.0. The van der Waals surface area contributed by atoms with Crippen LogP contribution in [0.25, 0.3) is 0 Å². The van der Waals surface area contributed by atoms with Gasteiger partial charge in [0.15, 0.2) is 5.11 Å². The fourth-order valence-electron chi connectivity index (χ4n) is 2.61. The van der Waals surface area contributed by atoms with Crippen LogP contribution in [0.1, 0.15) is 16.9 Å².